The monoisotopic (exact) mass is 268 g/mol. The van der Waals surface area contributed by atoms with E-state index in [-0.39, 0.29) is 5.54 Å². The van der Waals surface area contributed by atoms with Crippen molar-refractivity contribution >= 4 is 0 Å². The van der Waals surface area contributed by atoms with Gasteiger partial charge in [0, 0.05) is 23.7 Å². The fraction of sp³-hybridized carbons (Fsp3) is 1.00. The first kappa shape index (κ1) is 15.3. The number of hydrogen-bond acceptors (Lipinski definition) is 3. The van der Waals surface area contributed by atoms with Crippen LogP contribution in [0.5, 0.6) is 0 Å². The molecular weight excluding hydrogens is 236 g/mol. The quantitative estimate of drug-likeness (QED) is 0.745. The van der Waals surface area contributed by atoms with Gasteiger partial charge in [0.25, 0.3) is 0 Å². The minimum Gasteiger partial charge on any atom is -0.394 e. The maximum absolute atomic E-state index is 9.91. The molecule has 112 valence electrons. The topological polar surface area (TPSA) is 35.5 Å². The van der Waals surface area contributed by atoms with Crippen LogP contribution in [0.15, 0.2) is 0 Å². The normalized spacial score (nSPS) is 32.2. The lowest BCUT2D eigenvalue weighted by molar-refractivity contribution is 0.0442. The van der Waals surface area contributed by atoms with Crippen molar-refractivity contribution in [1.29, 1.82) is 0 Å². The predicted molar refractivity (Wildman–Crippen MR) is 80.4 cm³/mol. The fourth-order valence-electron chi connectivity index (χ4n) is 3.72. The van der Waals surface area contributed by atoms with Gasteiger partial charge in [-0.3, -0.25) is 4.90 Å². The summed E-state index contributed by atoms with van der Waals surface area (Å²) in [6.07, 6.45) is 8.64. The van der Waals surface area contributed by atoms with Gasteiger partial charge in [-0.05, 0) is 65.3 Å². The van der Waals surface area contributed by atoms with Gasteiger partial charge in [-0.1, -0.05) is 6.92 Å². The van der Waals surface area contributed by atoms with Crippen molar-refractivity contribution in [1.82, 2.24) is 10.2 Å². The Labute approximate surface area is 118 Å². The summed E-state index contributed by atoms with van der Waals surface area (Å²) in [5, 5.41) is 13.7. The van der Waals surface area contributed by atoms with Gasteiger partial charge in [0.1, 0.15) is 0 Å². The highest BCUT2D eigenvalue weighted by Gasteiger charge is 2.41. The Hall–Kier alpha value is -0.120. The molecule has 0 aliphatic heterocycles. The summed E-state index contributed by atoms with van der Waals surface area (Å²) in [6.45, 7) is 8.36. The number of hydrogen-bond donors (Lipinski definition) is 2. The Morgan fingerprint density at radius 2 is 2.05 bits per heavy atom. The summed E-state index contributed by atoms with van der Waals surface area (Å²) in [4.78, 5) is 2.65. The van der Waals surface area contributed by atoms with Gasteiger partial charge in [-0.15, -0.1) is 0 Å². The zero-order valence-corrected chi connectivity index (χ0v) is 13.0. The van der Waals surface area contributed by atoms with E-state index in [1.165, 1.54) is 38.6 Å². The molecule has 3 heteroatoms. The summed E-state index contributed by atoms with van der Waals surface area (Å²) in [5.41, 5.74) is 0.00493. The van der Waals surface area contributed by atoms with E-state index < -0.39 is 0 Å². The summed E-state index contributed by atoms with van der Waals surface area (Å²) >= 11 is 0. The molecule has 0 radical (unpaired) electrons. The van der Waals surface area contributed by atoms with Crippen molar-refractivity contribution in [2.75, 3.05) is 13.2 Å². The van der Waals surface area contributed by atoms with Crippen LogP contribution in [-0.4, -0.2) is 46.8 Å². The lowest BCUT2D eigenvalue weighted by atomic mass is 9.78. The zero-order chi connectivity index (χ0) is 13.9. The third-order valence-electron chi connectivity index (χ3n) is 4.82. The molecule has 0 bridgehead atoms. The summed E-state index contributed by atoms with van der Waals surface area (Å²) in [6, 6.07) is 1.94. The molecule has 0 aromatic heterocycles. The molecule has 0 aromatic rings. The van der Waals surface area contributed by atoms with Crippen molar-refractivity contribution in [2.45, 2.75) is 89.4 Å². The van der Waals surface area contributed by atoms with E-state index in [0.717, 1.165) is 12.8 Å². The van der Waals surface area contributed by atoms with Gasteiger partial charge in [0.05, 0.1) is 6.61 Å². The van der Waals surface area contributed by atoms with E-state index in [2.05, 4.69) is 31.0 Å². The zero-order valence-electron chi connectivity index (χ0n) is 13.0. The average molecular weight is 268 g/mol. The van der Waals surface area contributed by atoms with Crippen LogP contribution >= 0.6 is 0 Å². The van der Waals surface area contributed by atoms with Gasteiger partial charge in [0.15, 0.2) is 0 Å². The van der Waals surface area contributed by atoms with Crippen LogP contribution in [0.3, 0.4) is 0 Å². The second kappa shape index (κ2) is 6.55. The molecule has 3 nitrogen and oxygen atoms in total. The fourth-order valence-corrected chi connectivity index (χ4v) is 3.72. The molecular formula is C16H32N2O. The van der Waals surface area contributed by atoms with E-state index >= 15 is 0 Å². The summed E-state index contributed by atoms with van der Waals surface area (Å²) in [5.74, 6) is 0. The van der Waals surface area contributed by atoms with E-state index in [1.54, 1.807) is 0 Å². The maximum Gasteiger partial charge on any atom is 0.0613 e. The molecule has 2 atom stereocenters. The van der Waals surface area contributed by atoms with Crippen LogP contribution in [0.25, 0.3) is 0 Å². The van der Waals surface area contributed by atoms with Gasteiger partial charge in [-0.2, -0.15) is 0 Å². The van der Waals surface area contributed by atoms with Crippen LogP contribution in [0.1, 0.15) is 65.7 Å². The van der Waals surface area contributed by atoms with Crippen molar-refractivity contribution < 1.29 is 5.11 Å². The highest BCUT2D eigenvalue weighted by atomic mass is 16.3. The Bertz CT molecular complexity index is 278. The third-order valence-corrected chi connectivity index (χ3v) is 4.82. The smallest absolute Gasteiger partial charge is 0.0613 e. The molecule has 19 heavy (non-hydrogen) atoms. The molecule has 2 fully saturated rings. The summed E-state index contributed by atoms with van der Waals surface area (Å²) in [7, 11) is 0. The number of aliphatic hydroxyl groups is 1. The number of nitrogens with one attached hydrogen (secondary N) is 1. The first-order chi connectivity index (χ1) is 9.10. The Balaban J connectivity index is 2.00. The molecule has 2 aliphatic rings. The van der Waals surface area contributed by atoms with Gasteiger partial charge < -0.3 is 10.4 Å². The highest BCUT2D eigenvalue weighted by molar-refractivity contribution is 5.01. The molecule has 0 saturated heterocycles. The molecule has 2 N–H and O–H groups in total. The van der Waals surface area contributed by atoms with E-state index in [9.17, 15) is 5.11 Å². The molecule has 0 aromatic carbocycles. The lowest BCUT2D eigenvalue weighted by Crippen LogP contribution is -2.57. The molecule has 0 spiro atoms. The number of aliphatic hydroxyl groups excluding tert-OH is 1. The lowest BCUT2D eigenvalue weighted by Gasteiger charge is -2.46. The van der Waals surface area contributed by atoms with Gasteiger partial charge in [-0.25, -0.2) is 0 Å². The van der Waals surface area contributed by atoms with Crippen molar-refractivity contribution in [3.05, 3.63) is 0 Å². The first-order valence-electron chi connectivity index (χ1n) is 8.24. The van der Waals surface area contributed by atoms with Crippen molar-refractivity contribution in [3.8, 4) is 0 Å². The van der Waals surface area contributed by atoms with Gasteiger partial charge >= 0.3 is 0 Å². The Kier molecular flexibility index (Phi) is 5.27. The van der Waals surface area contributed by atoms with Crippen molar-refractivity contribution in [3.63, 3.8) is 0 Å². The largest absolute Gasteiger partial charge is 0.394 e. The second-order valence-electron chi connectivity index (χ2n) is 6.94. The molecule has 2 saturated carbocycles. The minimum absolute atomic E-state index is 0.00493. The van der Waals surface area contributed by atoms with E-state index in [0.29, 0.717) is 24.7 Å². The van der Waals surface area contributed by atoms with Crippen LogP contribution in [0.2, 0.25) is 0 Å². The number of rotatable bonds is 7. The molecule has 2 aliphatic carbocycles. The Morgan fingerprint density at radius 3 is 2.58 bits per heavy atom. The van der Waals surface area contributed by atoms with Crippen LogP contribution in [-0.2, 0) is 0 Å². The first-order valence-corrected chi connectivity index (χ1v) is 8.24. The second-order valence-corrected chi connectivity index (χ2v) is 6.94. The molecule has 2 rings (SSSR count). The third kappa shape index (κ3) is 3.93. The van der Waals surface area contributed by atoms with Crippen molar-refractivity contribution in [2.24, 2.45) is 0 Å². The predicted octanol–water partition coefficient (Wildman–Crippen LogP) is 2.53. The van der Waals surface area contributed by atoms with Crippen LogP contribution < -0.4 is 5.32 Å². The highest BCUT2D eigenvalue weighted by Crippen LogP contribution is 2.35. The van der Waals surface area contributed by atoms with Crippen LogP contribution in [0.4, 0.5) is 0 Å². The SMILES string of the molecule is CCCN(C(C)C)C1CCCC(CO)(NC2CC2)C1. The van der Waals surface area contributed by atoms with Crippen LogP contribution in [0, 0.1) is 0 Å². The molecule has 0 heterocycles. The average Bonchev–Trinajstić information content (AvgIpc) is 3.19. The number of nitrogens with zero attached hydrogens (tertiary/aromatic N) is 1. The van der Waals surface area contributed by atoms with E-state index in [1.807, 2.05) is 0 Å². The Morgan fingerprint density at radius 1 is 1.32 bits per heavy atom. The molecule has 0 amide bonds. The van der Waals surface area contributed by atoms with E-state index in [4.69, 9.17) is 0 Å². The maximum atomic E-state index is 9.91. The standard InChI is InChI=1S/C16H32N2O/c1-4-10-18(13(2)3)15-6-5-9-16(11-15,12-19)17-14-7-8-14/h13-15,17,19H,4-12H2,1-3H3. The minimum atomic E-state index is 0.00493. The van der Waals surface area contributed by atoms with Gasteiger partial charge in [0.2, 0.25) is 0 Å². The summed E-state index contributed by atoms with van der Waals surface area (Å²) < 4.78 is 0. The molecule has 2 unspecified atom stereocenters.